The number of likely N-dealkylation sites (N-methyl/N-ethyl adjacent to an activating group) is 1. The predicted octanol–water partition coefficient (Wildman–Crippen LogP) is 3.58. The lowest BCUT2D eigenvalue weighted by Crippen LogP contribution is -2.24. The van der Waals surface area contributed by atoms with E-state index in [4.69, 9.17) is 4.42 Å². The lowest BCUT2D eigenvalue weighted by molar-refractivity contribution is -0.139. The molecular weight excluding hydrogens is 404 g/mol. The number of amides is 1. The van der Waals surface area contributed by atoms with Gasteiger partial charge in [-0.25, -0.2) is 8.78 Å². The summed E-state index contributed by atoms with van der Waals surface area (Å²) in [5.74, 6) is -3.36. The van der Waals surface area contributed by atoms with Gasteiger partial charge in [-0.05, 0) is 41.5 Å². The van der Waals surface area contributed by atoms with Gasteiger partial charge in [0, 0.05) is 32.0 Å². The summed E-state index contributed by atoms with van der Waals surface area (Å²) in [7, 11) is 1.47. The fourth-order valence-corrected chi connectivity index (χ4v) is 3.68. The molecule has 1 aliphatic rings. The standard InChI is InChI=1S/C24H19F2NO4/c1-27-13-20(22(29)24(27)30)21(28)23-16(10-14-2-6-17(25)7-3-14)12-19(31-23)11-15-4-8-18(26)9-5-15/h2-9,12,20H,10-11,13H2,1H3. The van der Waals surface area contributed by atoms with Crippen molar-refractivity contribution in [2.24, 2.45) is 5.92 Å². The molecule has 2 heterocycles. The van der Waals surface area contributed by atoms with Gasteiger partial charge in [0.2, 0.25) is 11.6 Å². The SMILES string of the molecule is CN1CC(C(=O)c2oc(Cc3ccc(F)cc3)cc2Cc2ccc(F)cc2)C(=O)C1=O. The summed E-state index contributed by atoms with van der Waals surface area (Å²) in [6, 6.07) is 13.5. The van der Waals surface area contributed by atoms with Crippen LogP contribution >= 0.6 is 0 Å². The number of benzene rings is 2. The van der Waals surface area contributed by atoms with Gasteiger partial charge in [0.1, 0.15) is 23.3 Å². The van der Waals surface area contributed by atoms with Crippen molar-refractivity contribution in [2.45, 2.75) is 12.8 Å². The summed E-state index contributed by atoms with van der Waals surface area (Å²) < 4.78 is 32.3. The Morgan fingerprint density at radius 2 is 1.52 bits per heavy atom. The van der Waals surface area contributed by atoms with Crippen LogP contribution in [0.1, 0.15) is 33.0 Å². The van der Waals surface area contributed by atoms with Crippen molar-refractivity contribution in [3.63, 3.8) is 0 Å². The fraction of sp³-hybridized carbons (Fsp3) is 0.208. The van der Waals surface area contributed by atoms with Crippen molar-refractivity contribution < 1.29 is 27.6 Å². The molecule has 1 aromatic heterocycles. The Labute approximate surface area is 177 Å². The first-order valence-electron chi connectivity index (χ1n) is 9.76. The lowest BCUT2D eigenvalue weighted by Gasteiger charge is -2.08. The van der Waals surface area contributed by atoms with E-state index in [1.807, 2.05) is 0 Å². The van der Waals surface area contributed by atoms with Crippen LogP contribution in [-0.2, 0) is 22.4 Å². The van der Waals surface area contributed by atoms with Crippen molar-refractivity contribution in [3.8, 4) is 0 Å². The van der Waals surface area contributed by atoms with E-state index in [1.54, 1.807) is 30.3 Å². The van der Waals surface area contributed by atoms with Gasteiger partial charge >= 0.3 is 0 Å². The lowest BCUT2D eigenvalue weighted by atomic mass is 9.95. The topological polar surface area (TPSA) is 67.6 Å². The number of carbonyl (C=O) groups is 3. The maximum absolute atomic E-state index is 13.3. The second kappa shape index (κ2) is 8.26. The van der Waals surface area contributed by atoms with E-state index < -0.39 is 23.4 Å². The van der Waals surface area contributed by atoms with Crippen LogP contribution in [0.3, 0.4) is 0 Å². The summed E-state index contributed by atoms with van der Waals surface area (Å²) in [5.41, 5.74) is 2.09. The molecule has 1 amide bonds. The molecule has 7 heteroatoms. The Balaban J connectivity index is 1.67. The highest BCUT2D eigenvalue weighted by Gasteiger charge is 2.43. The highest BCUT2D eigenvalue weighted by Crippen LogP contribution is 2.27. The van der Waals surface area contributed by atoms with Crippen LogP contribution in [0.2, 0.25) is 0 Å². The number of nitrogens with zero attached hydrogens (tertiary/aromatic N) is 1. The quantitative estimate of drug-likeness (QED) is 0.345. The van der Waals surface area contributed by atoms with Crippen LogP contribution in [0.25, 0.3) is 0 Å². The number of furan rings is 1. The third-order valence-electron chi connectivity index (χ3n) is 5.33. The van der Waals surface area contributed by atoms with Crippen molar-refractivity contribution >= 4 is 17.5 Å². The third kappa shape index (κ3) is 4.30. The van der Waals surface area contributed by atoms with Gasteiger partial charge in [-0.1, -0.05) is 24.3 Å². The second-order valence-corrected chi connectivity index (χ2v) is 7.64. The van der Waals surface area contributed by atoms with Gasteiger partial charge in [0.25, 0.3) is 5.91 Å². The third-order valence-corrected chi connectivity index (χ3v) is 5.33. The van der Waals surface area contributed by atoms with Gasteiger partial charge in [0.05, 0.1) is 0 Å². The molecular formula is C24H19F2NO4. The van der Waals surface area contributed by atoms with Gasteiger partial charge in [-0.2, -0.15) is 0 Å². The van der Waals surface area contributed by atoms with Crippen LogP contribution in [0.15, 0.2) is 59.0 Å². The number of carbonyl (C=O) groups excluding carboxylic acids is 3. The Morgan fingerprint density at radius 1 is 0.968 bits per heavy atom. The molecule has 0 spiro atoms. The highest BCUT2D eigenvalue weighted by molar-refractivity contribution is 6.43. The van der Waals surface area contributed by atoms with Crippen molar-refractivity contribution in [1.29, 1.82) is 0 Å². The van der Waals surface area contributed by atoms with Crippen molar-refractivity contribution in [3.05, 3.63) is 94.4 Å². The van der Waals surface area contributed by atoms with E-state index in [9.17, 15) is 23.2 Å². The minimum Gasteiger partial charge on any atom is -0.457 e. The van der Waals surface area contributed by atoms with Gasteiger partial charge in [0.15, 0.2) is 5.76 Å². The smallest absolute Gasteiger partial charge is 0.290 e. The zero-order chi connectivity index (χ0) is 22.1. The van der Waals surface area contributed by atoms with E-state index in [-0.39, 0.29) is 23.9 Å². The predicted molar refractivity (Wildman–Crippen MR) is 108 cm³/mol. The summed E-state index contributed by atoms with van der Waals surface area (Å²) in [6.45, 7) is 0.000480. The molecule has 2 aromatic carbocycles. The first kappa shape index (κ1) is 20.7. The van der Waals surface area contributed by atoms with Crippen LogP contribution in [0, 0.1) is 17.6 Å². The molecule has 1 saturated heterocycles. The number of Topliss-reactive ketones (excluding diaryl/α,β-unsaturated/α-hetero) is 2. The zero-order valence-corrected chi connectivity index (χ0v) is 16.7. The molecule has 158 valence electrons. The molecule has 0 bridgehead atoms. The molecule has 1 aliphatic heterocycles. The van der Waals surface area contributed by atoms with Gasteiger partial charge in [-0.3, -0.25) is 14.4 Å². The van der Waals surface area contributed by atoms with Crippen LogP contribution in [0.5, 0.6) is 0 Å². The van der Waals surface area contributed by atoms with Gasteiger partial charge < -0.3 is 9.32 Å². The zero-order valence-electron chi connectivity index (χ0n) is 16.7. The molecule has 1 fully saturated rings. The Kier molecular flexibility index (Phi) is 5.50. The van der Waals surface area contributed by atoms with Crippen LogP contribution in [-0.4, -0.2) is 36.0 Å². The number of halogens is 2. The Bertz CT molecular complexity index is 1150. The maximum Gasteiger partial charge on any atom is 0.290 e. The molecule has 0 N–H and O–H groups in total. The fourth-order valence-electron chi connectivity index (χ4n) is 3.68. The molecule has 0 radical (unpaired) electrons. The molecule has 1 atom stereocenters. The average Bonchev–Trinajstić information content (AvgIpc) is 3.26. The molecule has 0 aliphatic carbocycles. The van der Waals surface area contributed by atoms with Crippen molar-refractivity contribution in [2.75, 3.05) is 13.6 Å². The van der Waals surface area contributed by atoms with E-state index in [0.717, 1.165) is 11.1 Å². The molecule has 0 saturated carbocycles. The summed E-state index contributed by atoms with van der Waals surface area (Å²) >= 11 is 0. The normalized spacial score (nSPS) is 16.2. The highest BCUT2D eigenvalue weighted by atomic mass is 19.1. The second-order valence-electron chi connectivity index (χ2n) is 7.64. The number of hydrogen-bond donors (Lipinski definition) is 0. The molecule has 4 rings (SSSR count). The average molecular weight is 423 g/mol. The summed E-state index contributed by atoms with van der Waals surface area (Å²) in [6.07, 6.45) is 0.611. The van der Waals surface area contributed by atoms with E-state index in [0.29, 0.717) is 24.2 Å². The maximum atomic E-state index is 13.3. The van der Waals surface area contributed by atoms with Gasteiger partial charge in [-0.15, -0.1) is 0 Å². The van der Waals surface area contributed by atoms with Crippen LogP contribution < -0.4 is 0 Å². The van der Waals surface area contributed by atoms with E-state index >= 15 is 0 Å². The Morgan fingerprint density at radius 3 is 2.03 bits per heavy atom. The molecule has 3 aromatic rings. The molecule has 31 heavy (non-hydrogen) atoms. The molecule has 5 nitrogen and oxygen atoms in total. The van der Waals surface area contributed by atoms with Crippen molar-refractivity contribution in [1.82, 2.24) is 4.90 Å². The number of rotatable bonds is 6. The summed E-state index contributed by atoms with van der Waals surface area (Å²) in [5, 5.41) is 0. The largest absolute Gasteiger partial charge is 0.457 e. The first-order valence-corrected chi connectivity index (χ1v) is 9.76. The number of hydrogen-bond acceptors (Lipinski definition) is 4. The first-order chi connectivity index (χ1) is 14.8. The van der Waals surface area contributed by atoms with E-state index in [2.05, 4.69) is 0 Å². The Hall–Kier alpha value is -3.61. The monoisotopic (exact) mass is 423 g/mol. The minimum absolute atomic E-state index is 0.000480. The van der Waals surface area contributed by atoms with E-state index in [1.165, 1.54) is 36.2 Å². The number of likely N-dealkylation sites (tertiary alicyclic amines) is 1. The van der Waals surface area contributed by atoms with Crippen LogP contribution in [0.4, 0.5) is 8.78 Å². The molecule has 1 unspecified atom stereocenters. The summed E-state index contributed by atoms with van der Waals surface area (Å²) in [4.78, 5) is 38.4. The number of ketones is 2. The minimum atomic E-state index is -1.12.